The number of carbonyl (C=O) groups is 2. The summed E-state index contributed by atoms with van der Waals surface area (Å²) in [6.07, 6.45) is 3.13. The second kappa shape index (κ2) is 7.17. The van der Waals surface area contributed by atoms with Crippen LogP contribution in [0, 0.1) is 10.8 Å². The van der Waals surface area contributed by atoms with Gasteiger partial charge >= 0.3 is 5.97 Å². The van der Waals surface area contributed by atoms with Crippen LogP contribution in [0.4, 0.5) is 0 Å². The molecule has 1 amide bonds. The number of carbonyl (C=O) groups excluding carboxylic acids is 2. The summed E-state index contributed by atoms with van der Waals surface area (Å²) < 4.78 is 11.4. The van der Waals surface area contributed by atoms with Crippen LogP contribution in [-0.4, -0.2) is 43.1 Å². The third kappa shape index (κ3) is 3.84. The van der Waals surface area contributed by atoms with Crippen molar-refractivity contribution in [1.82, 2.24) is 4.90 Å². The van der Waals surface area contributed by atoms with Crippen LogP contribution in [0.15, 0.2) is 18.2 Å². The average Bonchev–Trinajstić information content (AvgIpc) is 3.11. The molecular formula is C22H26ClNO4S. The number of ether oxygens (including phenoxy) is 2. The molecule has 2 atom stereocenters. The van der Waals surface area contributed by atoms with Crippen molar-refractivity contribution in [3.63, 3.8) is 0 Å². The van der Waals surface area contributed by atoms with Crippen LogP contribution in [0.5, 0.6) is 5.75 Å². The summed E-state index contributed by atoms with van der Waals surface area (Å²) in [5.41, 5.74) is 0.384. The van der Waals surface area contributed by atoms with Gasteiger partial charge in [-0.2, -0.15) is 0 Å². The molecule has 2 aromatic rings. The van der Waals surface area contributed by atoms with Crippen molar-refractivity contribution in [3.8, 4) is 5.75 Å². The van der Waals surface area contributed by atoms with E-state index >= 15 is 0 Å². The number of halogens is 1. The first kappa shape index (κ1) is 20.5. The Morgan fingerprint density at radius 1 is 1.28 bits per heavy atom. The molecule has 0 spiro atoms. The lowest BCUT2D eigenvalue weighted by molar-refractivity contribution is -0.135. The zero-order chi connectivity index (χ0) is 21.0. The lowest BCUT2D eigenvalue weighted by atomic mass is 9.65. The molecular weight excluding hydrogens is 410 g/mol. The van der Waals surface area contributed by atoms with Crippen LogP contribution >= 0.6 is 22.9 Å². The number of rotatable bonds is 4. The fourth-order valence-electron chi connectivity index (χ4n) is 5.33. The van der Waals surface area contributed by atoms with Gasteiger partial charge in [-0.05, 0) is 48.3 Å². The lowest BCUT2D eigenvalue weighted by Crippen LogP contribution is -2.39. The molecule has 2 bridgehead atoms. The predicted molar refractivity (Wildman–Crippen MR) is 115 cm³/mol. The summed E-state index contributed by atoms with van der Waals surface area (Å²) in [6.45, 7) is 7.28. The largest absolute Gasteiger partial charge is 0.497 e. The zero-order valence-electron chi connectivity index (χ0n) is 17.2. The minimum Gasteiger partial charge on any atom is -0.497 e. The quantitative estimate of drug-likeness (QED) is 0.623. The number of fused-ring (bicyclic) bond motifs is 3. The second-order valence-electron chi connectivity index (χ2n) is 9.42. The van der Waals surface area contributed by atoms with Gasteiger partial charge in [0.25, 0.3) is 5.91 Å². The topological polar surface area (TPSA) is 55.8 Å². The van der Waals surface area contributed by atoms with Crippen molar-refractivity contribution in [1.29, 1.82) is 0 Å². The van der Waals surface area contributed by atoms with Gasteiger partial charge in [-0.25, -0.2) is 4.79 Å². The maximum absolute atomic E-state index is 12.8. The molecule has 156 valence electrons. The standard InChI is InChI=1S/C22H26ClNO4S/c1-21(2)8-13-9-22(3,11-21)12-24(13)17(25)10-28-20(26)19-18(23)15-6-5-14(27-4)7-16(15)29-19/h5-7,13H,8-12H2,1-4H3. The number of likely N-dealkylation sites (tertiary alicyclic amines) is 1. The molecule has 1 saturated heterocycles. The fourth-order valence-corrected chi connectivity index (χ4v) is 6.76. The van der Waals surface area contributed by atoms with Gasteiger partial charge in [-0.1, -0.05) is 32.4 Å². The van der Waals surface area contributed by atoms with Crippen LogP contribution in [0.1, 0.15) is 49.7 Å². The van der Waals surface area contributed by atoms with Crippen LogP contribution in [0.2, 0.25) is 5.02 Å². The van der Waals surface area contributed by atoms with Gasteiger partial charge in [0.2, 0.25) is 0 Å². The molecule has 1 aromatic carbocycles. The van der Waals surface area contributed by atoms with Crippen molar-refractivity contribution >= 4 is 44.9 Å². The highest BCUT2D eigenvalue weighted by Gasteiger charge is 2.50. The first-order chi connectivity index (χ1) is 13.6. The Labute approximate surface area is 179 Å². The van der Waals surface area contributed by atoms with Crippen LogP contribution in [0.25, 0.3) is 10.1 Å². The number of hydrogen-bond acceptors (Lipinski definition) is 5. The second-order valence-corrected chi connectivity index (χ2v) is 10.8. The molecule has 1 aliphatic carbocycles. The number of benzene rings is 1. The summed E-state index contributed by atoms with van der Waals surface area (Å²) in [6, 6.07) is 5.69. The van der Waals surface area contributed by atoms with Crippen LogP contribution < -0.4 is 4.74 Å². The van der Waals surface area contributed by atoms with E-state index in [1.807, 2.05) is 17.0 Å². The van der Waals surface area contributed by atoms with Crippen molar-refractivity contribution in [2.45, 2.75) is 46.1 Å². The summed E-state index contributed by atoms with van der Waals surface area (Å²) in [7, 11) is 1.59. The number of thiophene rings is 1. The number of amides is 1. The highest BCUT2D eigenvalue weighted by atomic mass is 35.5. The fraction of sp³-hybridized carbons (Fsp3) is 0.545. The van der Waals surface area contributed by atoms with Gasteiger partial charge in [-0.15, -0.1) is 11.3 Å². The van der Waals surface area contributed by atoms with E-state index < -0.39 is 5.97 Å². The van der Waals surface area contributed by atoms with E-state index in [9.17, 15) is 9.59 Å². The lowest BCUT2D eigenvalue weighted by Gasteiger charge is -2.39. The summed E-state index contributed by atoms with van der Waals surface area (Å²) >= 11 is 7.63. The molecule has 2 aliphatic rings. The van der Waals surface area contributed by atoms with Crippen molar-refractivity contribution < 1.29 is 19.1 Å². The molecule has 0 radical (unpaired) electrons. The molecule has 2 fully saturated rings. The van der Waals surface area contributed by atoms with E-state index in [1.165, 1.54) is 11.3 Å². The van der Waals surface area contributed by atoms with Crippen LogP contribution in [0.3, 0.4) is 0 Å². The van der Waals surface area contributed by atoms with Gasteiger partial charge in [0.05, 0.1) is 12.1 Å². The van der Waals surface area contributed by atoms with Crippen molar-refractivity contribution in [2.75, 3.05) is 20.3 Å². The number of hydrogen-bond donors (Lipinski definition) is 0. The van der Waals surface area contributed by atoms with E-state index in [0.717, 1.165) is 35.9 Å². The van der Waals surface area contributed by atoms with E-state index in [2.05, 4.69) is 20.8 Å². The average molecular weight is 436 g/mol. The molecule has 1 saturated carbocycles. The monoisotopic (exact) mass is 435 g/mol. The van der Waals surface area contributed by atoms with Gasteiger partial charge in [-0.3, -0.25) is 4.79 Å². The number of esters is 1. The minimum atomic E-state index is -0.558. The maximum atomic E-state index is 12.8. The van der Waals surface area contributed by atoms with E-state index in [4.69, 9.17) is 21.1 Å². The molecule has 1 aromatic heterocycles. The molecule has 4 rings (SSSR count). The Bertz CT molecular complexity index is 985. The SMILES string of the molecule is COc1ccc2c(Cl)c(C(=O)OCC(=O)N3CC4(C)CC3CC(C)(C)C4)sc2c1. The third-order valence-corrected chi connectivity index (χ3v) is 7.72. The predicted octanol–water partition coefficient (Wildman–Crippen LogP) is 5.15. The van der Waals surface area contributed by atoms with Crippen molar-refractivity contribution in [2.24, 2.45) is 10.8 Å². The first-order valence-electron chi connectivity index (χ1n) is 9.83. The molecule has 1 aliphatic heterocycles. The summed E-state index contributed by atoms with van der Waals surface area (Å²) in [5, 5.41) is 1.13. The highest BCUT2D eigenvalue weighted by Crippen LogP contribution is 2.52. The minimum absolute atomic E-state index is 0.122. The molecule has 29 heavy (non-hydrogen) atoms. The number of nitrogens with zero attached hydrogens (tertiary/aromatic N) is 1. The zero-order valence-corrected chi connectivity index (χ0v) is 18.8. The normalized spacial score (nSPS) is 25.3. The molecule has 5 nitrogen and oxygen atoms in total. The van der Waals surface area contributed by atoms with Gasteiger partial charge in [0.15, 0.2) is 6.61 Å². The first-order valence-corrected chi connectivity index (χ1v) is 11.0. The molecule has 2 heterocycles. The third-order valence-electron chi connectivity index (χ3n) is 6.08. The van der Waals surface area contributed by atoms with E-state index in [0.29, 0.717) is 15.6 Å². The maximum Gasteiger partial charge on any atom is 0.350 e. The smallest absolute Gasteiger partial charge is 0.350 e. The molecule has 0 N–H and O–H groups in total. The number of methoxy groups -OCH3 is 1. The highest BCUT2D eigenvalue weighted by molar-refractivity contribution is 7.21. The Kier molecular flexibility index (Phi) is 5.06. The Morgan fingerprint density at radius 2 is 2.03 bits per heavy atom. The summed E-state index contributed by atoms with van der Waals surface area (Å²) in [5.74, 6) is 0.0167. The Morgan fingerprint density at radius 3 is 2.76 bits per heavy atom. The van der Waals surface area contributed by atoms with E-state index in [-0.39, 0.29) is 29.4 Å². The Hall–Kier alpha value is -1.79. The Balaban J connectivity index is 1.44. The summed E-state index contributed by atoms with van der Waals surface area (Å²) in [4.78, 5) is 27.7. The van der Waals surface area contributed by atoms with E-state index in [1.54, 1.807) is 13.2 Å². The molecule has 2 unspecified atom stereocenters. The van der Waals surface area contributed by atoms with Gasteiger partial charge in [0, 0.05) is 22.7 Å². The molecule has 7 heteroatoms. The van der Waals surface area contributed by atoms with Crippen molar-refractivity contribution in [3.05, 3.63) is 28.1 Å². The van der Waals surface area contributed by atoms with Crippen LogP contribution in [-0.2, 0) is 9.53 Å². The van der Waals surface area contributed by atoms with Gasteiger partial charge in [0.1, 0.15) is 10.6 Å². The van der Waals surface area contributed by atoms with Gasteiger partial charge < -0.3 is 14.4 Å².